The Kier molecular flexibility index (Phi) is 6.38. The molecule has 0 fully saturated rings. The van der Waals surface area contributed by atoms with Crippen molar-refractivity contribution in [3.8, 4) is 5.75 Å². The molecular formula is C19H17FN4O3S. The van der Waals surface area contributed by atoms with Gasteiger partial charge in [-0.15, -0.1) is 0 Å². The zero-order valence-electron chi connectivity index (χ0n) is 15.0. The smallest absolute Gasteiger partial charge is 0.244 e. The number of ether oxygens (including phenoxy) is 1. The number of anilines is 1. The van der Waals surface area contributed by atoms with Gasteiger partial charge in [-0.25, -0.2) is 14.4 Å². The average Bonchev–Trinajstić information content (AvgIpc) is 2.70. The number of aromatic nitrogens is 3. The highest BCUT2D eigenvalue weighted by atomic mass is 32.2. The molecule has 1 amide bonds. The van der Waals surface area contributed by atoms with Gasteiger partial charge in [0, 0.05) is 29.9 Å². The summed E-state index contributed by atoms with van der Waals surface area (Å²) in [6.45, 7) is -0.115. The minimum Gasteiger partial charge on any atom is -0.491 e. The lowest BCUT2D eigenvalue weighted by Gasteiger charge is -2.15. The molecule has 28 heavy (non-hydrogen) atoms. The van der Waals surface area contributed by atoms with Crippen LogP contribution in [0.25, 0.3) is 0 Å². The number of hydrogen-bond donors (Lipinski definition) is 1. The van der Waals surface area contributed by atoms with Crippen molar-refractivity contribution in [3.63, 3.8) is 0 Å². The second kappa shape index (κ2) is 9.14. The molecule has 0 radical (unpaired) electrons. The van der Waals surface area contributed by atoms with Gasteiger partial charge in [-0.2, -0.15) is 0 Å². The molecule has 9 heteroatoms. The van der Waals surface area contributed by atoms with E-state index >= 15 is 0 Å². The van der Waals surface area contributed by atoms with Crippen molar-refractivity contribution in [2.45, 2.75) is 17.5 Å². The van der Waals surface area contributed by atoms with Crippen molar-refractivity contribution >= 4 is 23.4 Å². The Balaban J connectivity index is 1.80. The highest BCUT2D eigenvalue weighted by molar-refractivity contribution is 7.98. The number of amides is 1. The average molecular weight is 400 g/mol. The van der Waals surface area contributed by atoms with Crippen molar-refractivity contribution < 1.29 is 13.9 Å². The molecule has 0 aliphatic rings. The van der Waals surface area contributed by atoms with E-state index in [1.54, 1.807) is 35.2 Å². The molecule has 0 atom stereocenters. The van der Waals surface area contributed by atoms with Crippen LogP contribution < -0.4 is 15.5 Å². The minimum absolute atomic E-state index is 0.0918. The summed E-state index contributed by atoms with van der Waals surface area (Å²) in [5, 5.41) is 3.08. The number of nitrogens with one attached hydrogen (secondary N) is 1. The fourth-order valence-electron chi connectivity index (χ4n) is 2.42. The number of nitrogens with zero attached hydrogens (tertiary/aromatic N) is 3. The SMILES string of the molecule is COc1cn(CC(=O)Nc2ccccc2F)c(CSc2ncccn2)cc1=O. The first-order valence-corrected chi connectivity index (χ1v) is 9.27. The first-order valence-electron chi connectivity index (χ1n) is 8.28. The number of halogens is 1. The van der Waals surface area contributed by atoms with Gasteiger partial charge in [0.05, 0.1) is 19.0 Å². The predicted molar refractivity (Wildman–Crippen MR) is 104 cm³/mol. The first-order chi connectivity index (χ1) is 13.6. The Hall–Kier alpha value is -3.20. The monoisotopic (exact) mass is 400 g/mol. The lowest BCUT2D eigenvalue weighted by molar-refractivity contribution is -0.116. The van der Waals surface area contributed by atoms with Crippen LogP contribution in [0.5, 0.6) is 5.75 Å². The fraction of sp³-hybridized carbons (Fsp3) is 0.158. The molecule has 7 nitrogen and oxygen atoms in total. The summed E-state index contributed by atoms with van der Waals surface area (Å²) in [4.78, 5) is 32.8. The van der Waals surface area contributed by atoms with Gasteiger partial charge in [0.1, 0.15) is 12.4 Å². The van der Waals surface area contributed by atoms with Crippen LogP contribution in [0.3, 0.4) is 0 Å². The van der Waals surface area contributed by atoms with Crippen LogP contribution in [0, 0.1) is 5.82 Å². The van der Waals surface area contributed by atoms with Crippen LogP contribution in [-0.4, -0.2) is 27.6 Å². The molecule has 3 aromatic rings. The van der Waals surface area contributed by atoms with Gasteiger partial charge in [-0.3, -0.25) is 9.59 Å². The third-order valence-corrected chi connectivity index (χ3v) is 4.66. The van der Waals surface area contributed by atoms with Gasteiger partial charge in [0.25, 0.3) is 0 Å². The molecule has 0 bridgehead atoms. The number of methoxy groups -OCH3 is 1. The normalized spacial score (nSPS) is 10.5. The van der Waals surface area contributed by atoms with Crippen molar-refractivity contribution in [2.75, 3.05) is 12.4 Å². The van der Waals surface area contributed by atoms with E-state index in [4.69, 9.17) is 4.74 Å². The lowest BCUT2D eigenvalue weighted by Crippen LogP contribution is -2.23. The van der Waals surface area contributed by atoms with E-state index in [-0.39, 0.29) is 23.4 Å². The van der Waals surface area contributed by atoms with E-state index in [1.807, 2.05) is 0 Å². The zero-order chi connectivity index (χ0) is 19.9. The molecule has 1 N–H and O–H groups in total. The topological polar surface area (TPSA) is 86.1 Å². The van der Waals surface area contributed by atoms with Crippen LogP contribution >= 0.6 is 11.8 Å². The number of para-hydroxylation sites is 1. The Morgan fingerprint density at radius 1 is 1.25 bits per heavy atom. The highest BCUT2D eigenvalue weighted by Crippen LogP contribution is 2.19. The number of carbonyl (C=O) groups is 1. The number of thioether (sulfide) groups is 1. The van der Waals surface area contributed by atoms with Gasteiger partial charge < -0.3 is 14.6 Å². The second-order valence-corrected chi connectivity index (χ2v) is 6.62. The molecule has 0 unspecified atom stereocenters. The highest BCUT2D eigenvalue weighted by Gasteiger charge is 2.13. The standard InChI is InChI=1S/C19H17FN4O3S/c1-27-17-10-24(11-18(26)23-15-6-3-2-5-14(15)20)13(9-16(17)25)12-28-19-21-7-4-8-22-19/h2-10H,11-12H2,1H3,(H,23,26). The molecular weight excluding hydrogens is 383 g/mol. The molecule has 3 rings (SSSR count). The van der Waals surface area contributed by atoms with Gasteiger partial charge in [-0.1, -0.05) is 23.9 Å². The van der Waals surface area contributed by atoms with Crippen molar-refractivity contribution in [2.24, 2.45) is 0 Å². The van der Waals surface area contributed by atoms with Gasteiger partial charge in [0.2, 0.25) is 11.3 Å². The summed E-state index contributed by atoms with van der Waals surface area (Å²) in [6.07, 6.45) is 4.71. The Labute approximate surface area is 164 Å². The van der Waals surface area contributed by atoms with E-state index in [0.717, 1.165) is 0 Å². The van der Waals surface area contributed by atoms with Crippen LogP contribution in [0.1, 0.15) is 5.69 Å². The quantitative estimate of drug-likeness (QED) is 0.485. The molecule has 2 aromatic heterocycles. The summed E-state index contributed by atoms with van der Waals surface area (Å²) >= 11 is 1.33. The number of benzene rings is 1. The maximum atomic E-state index is 13.7. The number of pyridine rings is 1. The van der Waals surface area contributed by atoms with E-state index < -0.39 is 11.7 Å². The second-order valence-electron chi connectivity index (χ2n) is 5.67. The van der Waals surface area contributed by atoms with Gasteiger partial charge in [0.15, 0.2) is 10.9 Å². The summed E-state index contributed by atoms with van der Waals surface area (Å²) in [7, 11) is 1.38. The molecule has 0 aliphatic carbocycles. The minimum atomic E-state index is -0.523. The molecule has 0 saturated heterocycles. The van der Waals surface area contributed by atoms with Gasteiger partial charge in [-0.05, 0) is 18.2 Å². The van der Waals surface area contributed by atoms with E-state index in [2.05, 4.69) is 15.3 Å². The molecule has 0 saturated carbocycles. The summed E-state index contributed by atoms with van der Waals surface area (Å²) < 4.78 is 20.4. The summed E-state index contributed by atoms with van der Waals surface area (Å²) in [5.41, 5.74) is 0.388. The number of hydrogen-bond acceptors (Lipinski definition) is 6. The Bertz CT molecular complexity index is 1030. The Morgan fingerprint density at radius 2 is 2.00 bits per heavy atom. The van der Waals surface area contributed by atoms with Crippen LogP contribution in [0.2, 0.25) is 0 Å². The van der Waals surface area contributed by atoms with E-state index in [1.165, 1.54) is 43.3 Å². The summed E-state index contributed by atoms with van der Waals surface area (Å²) in [5.74, 6) is -0.470. The van der Waals surface area contributed by atoms with Crippen LogP contribution in [-0.2, 0) is 17.1 Å². The van der Waals surface area contributed by atoms with Crippen molar-refractivity contribution in [3.05, 3.63) is 76.7 Å². The third kappa shape index (κ3) is 4.95. The lowest BCUT2D eigenvalue weighted by atomic mass is 10.3. The predicted octanol–water partition coefficient (Wildman–Crippen LogP) is 2.72. The maximum absolute atomic E-state index is 13.7. The van der Waals surface area contributed by atoms with Crippen molar-refractivity contribution in [1.82, 2.24) is 14.5 Å². The van der Waals surface area contributed by atoms with Crippen molar-refractivity contribution in [1.29, 1.82) is 0 Å². The molecule has 1 aromatic carbocycles. The van der Waals surface area contributed by atoms with E-state index in [0.29, 0.717) is 16.6 Å². The summed E-state index contributed by atoms with van der Waals surface area (Å²) in [6, 6.07) is 9.02. The first kappa shape index (κ1) is 19.6. The number of rotatable bonds is 7. The largest absolute Gasteiger partial charge is 0.491 e. The molecule has 0 spiro atoms. The molecule has 0 aliphatic heterocycles. The van der Waals surface area contributed by atoms with E-state index in [9.17, 15) is 14.0 Å². The molecule has 2 heterocycles. The maximum Gasteiger partial charge on any atom is 0.244 e. The third-order valence-electron chi connectivity index (χ3n) is 3.76. The Morgan fingerprint density at radius 3 is 2.71 bits per heavy atom. The zero-order valence-corrected chi connectivity index (χ0v) is 15.8. The number of carbonyl (C=O) groups excluding carboxylic acids is 1. The van der Waals surface area contributed by atoms with Gasteiger partial charge >= 0.3 is 0 Å². The fourth-order valence-corrected chi connectivity index (χ4v) is 3.22. The van der Waals surface area contributed by atoms with Crippen LogP contribution in [0.15, 0.2) is 64.9 Å². The van der Waals surface area contributed by atoms with Crippen LogP contribution in [0.4, 0.5) is 10.1 Å². The molecule has 144 valence electrons.